The van der Waals surface area contributed by atoms with Gasteiger partial charge < -0.3 is 9.73 Å². The number of halogens is 3. The summed E-state index contributed by atoms with van der Waals surface area (Å²) < 4.78 is 19.4. The molecular formula is C16H12Cl2FNO. The van der Waals surface area contributed by atoms with Crippen molar-refractivity contribution in [3.63, 3.8) is 0 Å². The van der Waals surface area contributed by atoms with Crippen LogP contribution in [0.5, 0.6) is 0 Å². The van der Waals surface area contributed by atoms with Gasteiger partial charge in [0, 0.05) is 15.4 Å². The van der Waals surface area contributed by atoms with Crippen molar-refractivity contribution in [2.24, 2.45) is 0 Å². The number of rotatable bonds is 3. The Morgan fingerprint density at radius 1 is 1.14 bits per heavy atom. The Kier molecular flexibility index (Phi) is 3.89. The maximum absolute atomic E-state index is 13.8. The first kappa shape index (κ1) is 14.4. The van der Waals surface area contributed by atoms with Crippen molar-refractivity contribution >= 4 is 34.2 Å². The molecule has 0 spiro atoms. The predicted molar refractivity (Wildman–Crippen MR) is 83.5 cm³/mol. The second-order valence-electron chi connectivity index (χ2n) is 4.69. The van der Waals surface area contributed by atoms with Gasteiger partial charge >= 0.3 is 0 Å². The third-order valence-electron chi connectivity index (χ3n) is 3.36. The van der Waals surface area contributed by atoms with Gasteiger partial charge in [-0.25, -0.2) is 4.39 Å². The maximum Gasteiger partial charge on any atom is 0.169 e. The second kappa shape index (κ2) is 5.68. The quantitative estimate of drug-likeness (QED) is 0.717. The Morgan fingerprint density at radius 2 is 1.95 bits per heavy atom. The van der Waals surface area contributed by atoms with Crippen LogP contribution in [0.1, 0.15) is 17.4 Å². The molecule has 1 N–H and O–H groups in total. The highest BCUT2D eigenvalue weighted by molar-refractivity contribution is 6.33. The standard InChI is InChI=1S/C16H12Cl2FNO/c1-20-15(11-8-10(17)5-6-12(11)18)14-7-9-3-2-4-13(19)16(9)21-14/h2-8,15,20H,1H3. The molecule has 5 heteroatoms. The van der Waals surface area contributed by atoms with Crippen LogP contribution in [0.3, 0.4) is 0 Å². The summed E-state index contributed by atoms with van der Waals surface area (Å²) >= 11 is 12.3. The minimum absolute atomic E-state index is 0.242. The monoisotopic (exact) mass is 323 g/mol. The van der Waals surface area contributed by atoms with Crippen LogP contribution in [0.15, 0.2) is 46.9 Å². The Balaban J connectivity index is 2.13. The minimum Gasteiger partial charge on any atom is -0.456 e. The van der Waals surface area contributed by atoms with Crippen LogP contribution in [0.2, 0.25) is 10.0 Å². The fraction of sp³-hybridized carbons (Fsp3) is 0.125. The van der Waals surface area contributed by atoms with E-state index < -0.39 is 0 Å². The van der Waals surface area contributed by atoms with Crippen molar-refractivity contribution < 1.29 is 8.81 Å². The highest BCUT2D eigenvalue weighted by Crippen LogP contribution is 2.33. The zero-order chi connectivity index (χ0) is 15.0. The van der Waals surface area contributed by atoms with Crippen LogP contribution in [0, 0.1) is 5.82 Å². The lowest BCUT2D eigenvalue weighted by Gasteiger charge is -2.15. The van der Waals surface area contributed by atoms with Crippen molar-refractivity contribution in [2.45, 2.75) is 6.04 Å². The molecule has 0 aliphatic heterocycles. The number of nitrogens with one attached hydrogen (secondary N) is 1. The highest BCUT2D eigenvalue weighted by atomic mass is 35.5. The van der Waals surface area contributed by atoms with Gasteiger partial charge in [0.2, 0.25) is 0 Å². The molecule has 21 heavy (non-hydrogen) atoms. The average Bonchev–Trinajstić information content (AvgIpc) is 2.89. The lowest BCUT2D eigenvalue weighted by atomic mass is 10.0. The van der Waals surface area contributed by atoms with Crippen LogP contribution >= 0.6 is 23.2 Å². The molecule has 2 aromatic carbocycles. The summed E-state index contributed by atoms with van der Waals surface area (Å²) in [6.45, 7) is 0. The third-order valence-corrected chi connectivity index (χ3v) is 3.94. The fourth-order valence-electron chi connectivity index (χ4n) is 2.38. The number of fused-ring (bicyclic) bond motifs is 1. The molecule has 3 rings (SSSR count). The maximum atomic E-state index is 13.8. The van der Waals surface area contributed by atoms with E-state index in [1.807, 2.05) is 0 Å². The van der Waals surface area contributed by atoms with Gasteiger partial charge in [0.1, 0.15) is 5.76 Å². The Bertz CT molecular complexity index is 800. The van der Waals surface area contributed by atoms with E-state index in [0.29, 0.717) is 21.2 Å². The Hall–Kier alpha value is -1.55. The number of benzene rings is 2. The molecule has 0 saturated carbocycles. The first-order valence-electron chi connectivity index (χ1n) is 6.40. The van der Waals surface area contributed by atoms with Crippen molar-refractivity contribution in [3.05, 3.63) is 69.7 Å². The van der Waals surface area contributed by atoms with Crippen molar-refractivity contribution in [1.29, 1.82) is 0 Å². The van der Waals surface area contributed by atoms with E-state index >= 15 is 0 Å². The van der Waals surface area contributed by atoms with Crippen molar-refractivity contribution in [3.8, 4) is 0 Å². The average molecular weight is 324 g/mol. The van der Waals surface area contributed by atoms with E-state index in [0.717, 1.165) is 5.56 Å². The van der Waals surface area contributed by atoms with Gasteiger partial charge in [-0.3, -0.25) is 0 Å². The number of furan rings is 1. The van der Waals surface area contributed by atoms with Crippen LogP contribution in [-0.4, -0.2) is 7.05 Å². The van der Waals surface area contributed by atoms with Crippen LogP contribution in [-0.2, 0) is 0 Å². The molecule has 0 aliphatic rings. The van der Waals surface area contributed by atoms with Crippen molar-refractivity contribution in [1.82, 2.24) is 5.32 Å². The zero-order valence-corrected chi connectivity index (χ0v) is 12.7. The van der Waals surface area contributed by atoms with E-state index in [-0.39, 0.29) is 17.4 Å². The number of hydrogen-bond acceptors (Lipinski definition) is 2. The predicted octanol–water partition coefficient (Wildman–Crippen LogP) is 5.19. The lowest BCUT2D eigenvalue weighted by molar-refractivity contribution is 0.476. The van der Waals surface area contributed by atoms with E-state index in [2.05, 4.69) is 5.32 Å². The first-order valence-corrected chi connectivity index (χ1v) is 7.16. The molecule has 0 saturated heterocycles. The van der Waals surface area contributed by atoms with E-state index in [9.17, 15) is 4.39 Å². The van der Waals surface area contributed by atoms with Crippen molar-refractivity contribution in [2.75, 3.05) is 7.05 Å². The molecule has 1 atom stereocenters. The molecule has 1 aromatic heterocycles. The number of hydrogen-bond donors (Lipinski definition) is 1. The second-order valence-corrected chi connectivity index (χ2v) is 5.54. The molecule has 0 radical (unpaired) electrons. The van der Waals surface area contributed by atoms with E-state index in [1.165, 1.54) is 6.07 Å². The van der Waals surface area contributed by atoms with Gasteiger partial charge in [-0.2, -0.15) is 0 Å². The van der Waals surface area contributed by atoms with Gasteiger partial charge in [0.05, 0.1) is 6.04 Å². The Labute approximate surface area is 131 Å². The molecular weight excluding hydrogens is 312 g/mol. The summed E-state index contributed by atoms with van der Waals surface area (Å²) in [4.78, 5) is 0. The lowest BCUT2D eigenvalue weighted by Crippen LogP contribution is -2.17. The fourth-order valence-corrected chi connectivity index (χ4v) is 2.78. The molecule has 2 nitrogen and oxygen atoms in total. The normalized spacial score (nSPS) is 12.8. The van der Waals surface area contributed by atoms with Crippen LogP contribution in [0.25, 0.3) is 11.0 Å². The molecule has 0 aliphatic carbocycles. The smallest absolute Gasteiger partial charge is 0.169 e. The van der Waals surface area contributed by atoms with Gasteiger partial charge in [-0.1, -0.05) is 35.3 Å². The van der Waals surface area contributed by atoms with Gasteiger partial charge in [-0.05, 0) is 42.9 Å². The third kappa shape index (κ3) is 2.64. The SMILES string of the molecule is CNC(c1cc2cccc(F)c2o1)c1cc(Cl)ccc1Cl. The van der Waals surface area contributed by atoms with Gasteiger partial charge in [0.15, 0.2) is 11.4 Å². The molecule has 1 heterocycles. The number of para-hydroxylation sites is 1. The topological polar surface area (TPSA) is 25.2 Å². The molecule has 0 amide bonds. The molecule has 0 fully saturated rings. The van der Waals surface area contributed by atoms with Crippen LogP contribution in [0.4, 0.5) is 4.39 Å². The zero-order valence-electron chi connectivity index (χ0n) is 11.2. The summed E-state index contributed by atoms with van der Waals surface area (Å²) in [5.74, 6) is 0.201. The summed E-state index contributed by atoms with van der Waals surface area (Å²) in [6, 6.07) is 11.5. The van der Waals surface area contributed by atoms with Gasteiger partial charge in [-0.15, -0.1) is 0 Å². The van der Waals surface area contributed by atoms with E-state index in [4.69, 9.17) is 27.6 Å². The summed E-state index contributed by atoms with van der Waals surface area (Å²) in [5, 5.41) is 4.98. The largest absolute Gasteiger partial charge is 0.456 e. The van der Waals surface area contributed by atoms with Crippen LogP contribution < -0.4 is 5.32 Å². The Morgan fingerprint density at radius 3 is 2.67 bits per heavy atom. The first-order chi connectivity index (χ1) is 10.1. The van der Waals surface area contributed by atoms with Gasteiger partial charge in [0.25, 0.3) is 0 Å². The summed E-state index contributed by atoms with van der Waals surface area (Å²) in [6.07, 6.45) is 0. The minimum atomic E-state index is -0.384. The summed E-state index contributed by atoms with van der Waals surface area (Å²) in [5.41, 5.74) is 1.03. The molecule has 3 aromatic rings. The molecule has 0 bridgehead atoms. The van der Waals surface area contributed by atoms with E-state index in [1.54, 1.807) is 43.4 Å². The molecule has 1 unspecified atom stereocenters. The summed E-state index contributed by atoms with van der Waals surface area (Å²) in [7, 11) is 1.78. The highest BCUT2D eigenvalue weighted by Gasteiger charge is 2.20. The molecule has 108 valence electrons.